The zero-order valence-corrected chi connectivity index (χ0v) is 10.4. The molecule has 0 bridgehead atoms. The third kappa shape index (κ3) is 3.39. The topological polar surface area (TPSA) is 24.9 Å². The highest BCUT2D eigenvalue weighted by Gasteiger charge is 2.05. The van der Waals surface area contributed by atoms with Gasteiger partial charge in [-0.2, -0.15) is 0 Å². The molecule has 1 heterocycles. The summed E-state index contributed by atoms with van der Waals surface area (Å²) in [6, 6.07) is 0.601. The van der Waals surface area contributed by atoms with E-state index in [4.69, 9.17) is 0 Å². The molecule has 0 radical (unpaired) electrons. The van der Waals surface area contributed by atoms with E-state index in [1.165, 1.54) is 28.4 Å². The Kier molecular flexibility index (Phi) is 4.55. The molecule has 14 heavy (non-hydrogen) atoms. The summed E-state index contributed by atoms with van der Waals surface area (Å²) in [5, 5.41) is 4.70. The number of nitrogens with one attached hydrogen (secondary N) is 1. The molecule has 0 aliphatic heterocycles. The van der Waals surface area contributed by atoms with Gasteiger partial charge in [0.25, 0.3) is 0 Å². The molecule has 3 heteroatoms. The molecule has 0 amide bonds. The summed E-state index contributed by atoms with van der Waals surface area (Å²) in [4.78, 5) is 5.84. The molecule has 1 aromatic heterocycles. The lowest BCUT2D eigenvalue weighted by Gasteiger charge is -2.10. The molecule has 0 saturated carbocycles. The van der Waals surface area contributed by atoms with Gasteiger partial charge >= 0.3 is 0 Å². The van der Waals surface area contributed by atoms with Gasteiger partial charge in [0.1, 0.15) is 5.01 Å². The van der Waals surface area contributed by atoms with E-state index in [-0.39, 0.29) is 0 Å². The van der Waals surface area contributed by atoms with Crippen LogP contribution in [0.3, 0.4) is 0 Å². The van der Waals surface area contributed by atoms with Crippen molar-refractivity contribution in [1.29, 1.82) is 0 Å². The average molecular weight is 212 g/mol. The Labute approximate surface area is 90.8 Å². The number of thiazole rings is 1. The predicted molar refractivity (Wildman–Crippen MR) is 62.8 cm³/mol. The zero-order chi connectivity index (χ0) is 10.6. The SMILES string of the molecule is CCCC(C)NCc1nc(C)c(C)s1. The van der Waals surface area contributed by atoms with Crippen molar-refractivity contribution in [3.8, 4) is 0 Å². The number of aryl methyl sites for hydroxylation is 2. The van der Waals surface area contributed by atoms with Gasteiger partial charge in [-0.15, -0.1) is 11.3 Å². The number of nitrogens with zero attached hydrogens (tertiary/aromatic N) is 1. The summed E-state index contributed by atoms with van der Waals surface area (Å²) in [5.41, 5.74) is 1.18. The maximum absolute atomic E-state index is 4.50. The van der Waals surface area contributed by atoms with Gasteiger partial charge in [-0.1, -0.05) is 13.3 Å². The minimum Gasteiger partial charge on any atom is -0.308 e. The van der Waals surface area contributed by atoms with Crippen molar-refractivity contribution in [2.24, 2.45) is 0 Å². The second-order valence-corrected chi connectivity index (χ2v) is 5.11. The third-order valence-corrected chi connectivity index (χ3v) is 3.47. The van der Waals surface area contributed by atoms with E-state index in [0.29, 0.717) is 6.04 Å². The lowest BCUT2D eigenvalue weighted by molar-refractivity contribution is 0.507. The number of hydrogen-bond acceptors (Lipinski definition) is 3. The first-order valence-corrected chi connectivity index (χ1v) is 6.11. The molecule has 1 rings (SSSR count). The minimum atomic E-state index is 0.601. The van der Waals surface area contributed by atoms with Gasteiger partial charge in [0.05, 0.1) is 5.69 Å². The highest BCUT2D eigenvalue weighted by atomic mass is 32.1. The van der Waals surface area contributed by atoms with Gasteiger partial charge in [0, 0.05) is 17.5 Å². The first kappa shape index (κ1) is 11.7. The summed E-state index contributed by atoms with van der Waals surface area (Å²) >= 11 is 1.80. The monoisotopic (exact) mass is 212 g/mol. The predicted octanol–water partition coefficient (Wildman–Crippen LogP) is 3.04. The Morgan fingerprint density at radius 3 is 2.64 bits per heavy atom. The quantitative estimate of drug-likeness (QED) is 0.811. The van der Waals surface area contributed by atoms with Crippen molar-refractivity contribution >= 4 is 11.3 Å². The summed E-state index contributed by atoms with van der Waals surface area (Å²) in [5.74, 6) is 0. The molecule has 0 fully saturated rings. The fraction of sp³-hybridized carbons (Fsp3) is 0.727. The summed E-state index contributed by atoms with van der Waals surface area (Å²) in [6.07, 6.45) is 2.48. The lowest BCUT2D eigenvalue weighted by atomic mass is 10.2. The molecular weight excluding hydrogens is 192 g/mol. The van der Waals surface area contributed by atoms with E-state index in [9.17, 15) is 0 Å². The third-order valence-electron chi connectivity index (χ3n) is 2.40. The van der Waals surface area contributed by atoms with Crippen molar-refractivity contribution in [3.63, 3.8) is 0 Å². The molecule has 80 valence electrons. The number of aromatic nitrogens is 1. The maximum Gasteiger partial charge on any atom is 0.107 e. The molecule has 0 aliphatic carbocycles. The normalized spacial score (nSPS) is 13.1. The van der Waals surface area contributed by atoms with Crippen LogP contribution in [0.15, 0.2) is 0 Å². The fourth-order valence-electron chi connectivity index (χ4n) is 1.41. The van der Waals surface area contributed by atoms with Crippen molar-refractivity contribution in [2.45, 2.75) is 53.1 Å². The Hall–Kier alpha value is -0.410. The molecule has 1 atom stereocenters. The first-order chi connectivity index (χ1) is 6.63. The highest BCUT2D eigenvalue weighted by Crippen LogP contribution is 2.16. The Morgan fingerprint density at radius 2 is 2.14 bits per heavy atom. The van der Waals surface area contributed by atoms with E-state index in [0.717, 1.165) is 6.54 Å². The van der Waals surface area contributed by atoms with E-state index < -0.39 is 0 Å². The van der Waals surface area contributed by atoms with E-state index in [1.807, 2.05) is 0 Å². The van der Waals surface area contributed by atoms with Crippen LogP contribution in [0.5, 0.6) is 0 Å². The standard InChI is InChI=1S/C11H20N2S/c1-5-6-8(2)12-7-11-13-9(3)10(4)14-11/h8,12H,5-7H2,1-4H3. The zero-order valence-electron chi connectivity index (χ0n) is 9.55. The van der Waals surface area contributed by atoms with Crippen LogP contribution in [0.2, 0.25) is 0 Å². The van der Waals surface area contributed by atoms with Crippen LogP contribution in [0.1, 0.15) is 42.3 Å². The molecular formula is C11H20N2S. The van der Waals surface area contributed by atoms with Crippen LogP contribution in [-0.4, -0.2) is 11.0 Å². The van der Waals surface area contributed by atoms with Crippen molar-refractivity contribution in [1.82, 2.24) is 10.3 Å². The molecule has 0 aliphatic rings. The lowest BCUT2D eigenvalue weighted by Crippen LogP contribution is -2.24. The van der Waals surface area contributed by atoms with Gasteiger partial charge < -0.3 is 5.32 Å². The molecule has 0 saturated heterocycles. The molecule has 1 N–H and O–H groups in total. The van der Waals surface area contributed by atoms with E-state index >= 15 is 0 Å². The van der Waals surface area contributed by atoms with Crippen LogP contribution in [0, 0.1) is 13.8 Å². The number of rotatable bonds is 5. The van der Waals surface area contributed by atoms with Gasteiger partial charge in [0.2, 0.25) is 0 Å². The molecule has 0 spiro atoms. The van der Waals surface area contributed by atoms with Crippen LogP contribution in [0.25, 0.3) is 0 Å². The second kappa shape index (κ2) is 5.47. The number of hydrogen-bond donors (Lipinski definition) is 1. The molecule has 1 unspecified atom stereocenters. The molecule has 2 nitrogen and oxygen atoms in total. The molecule has 1 aromatic rings. The van der Waals surface area contributed by atoms with E-state index in [1.54, 1.807) is 11.3 Å². The van der Waals surface area contributed by atoms with Crippen molar-refractivity contribution < 1.29 is 0 Å². The van der Waals surface area contributed by atoms with Crippen molar-refractivity contribution in [3.05, 3.63) is 15.6 Å². The first-order valence-electron chi connectivity index (χ1n) is 5.29. The smallest absolute Gasteiger partial charge is 0.107 e. The largest absolute Gasteiger partial charge is 0.308 e. The summed E-state index contributed by atoms with van der Waals surface area (Å²) < 4.78 is 0. The van der Waals surface area contributed by atoms with Crippen molar-refractivity contribution in [2.75, 3.05) is 0 Å². The summed E-state index contributed by atoms with van der Waals surface area (Å²) in [7, 11) is 0. The Bertz CT molecular complexity index is 261. The van der Waals surface area contributed by atoms with Crippen LogP contribution < -0.4 is 5.32 Å². The van der Waals surface area contributed by atoms with Gasteiger partial charge in [-0.25, -0.2) is 4.98 Å². The van der Waals surface area contributed by atoms with E-state index in [2.05, 4.69) is 38.0 Å². The van der Waals surface area contributed by atoms with Gasteiger partial charge in [-0.05, 0) is 27.2 Å². The highest BCUT2D eigenvalue weighted by molar-refractivity contribution is 7.11. The Morgan fingerprint density at radius 1 is 1.43 bits per heavy atom. The molecule has 0 aromatic carbocycles. The Balaban J connectivity index is 2.38. The maximum atomic E-state index is 4.50. The summed E-state index contributed by atoms with van der Waals surface area (Å²) in [6.45, 7) is 9.57. The van der Waals surface area contributed by atoms with Gasteiger partial charge in [0.15, 0.2) is 0 Å². The minimum absolute atomic E-state index is 0.601. The van der Waals surface area contributed by atoms with Crippen LogP contribution in [0.4, 0.5) is 0 Å². The van der Waals surface area contributed by atoms with Crippen LogP contribution >= 0.6 is 11.3 Å². The van der Waals surface area contributed by atoms with Crippen LogP contribution in [-0.2, 0) is 6.54 Å². The average Bonchev–Trinajstić information content (AvgIpc) is 2.44. The van der Waals surface area contributed by atoms with Gasteiger partial charge in [-0.3, -0.25) is 0 Å². The second-order valence-electron chi connectivity index (χ2n) is 3.82. The fourth-order valence-corrected chi connectivity index (χ4v) is 2.30.